The van der Waals surface area contributed by atoms with Gasteiger partial charge in [0.05, 0.1) is 6.17 Å². The first kappa shape index (κ1) is 23.9. The smallest absolute Gasteiger partial charge is 0.0996 e. The van der Waals surface area contributed by atoms with E-state index in [1.807, 2.05) is 0 Å². The summed E-state index contributed by atoms with van der Waals surface area (Å²) >= 11 is 0. The van der Waals surface area contributed by atoms with Crippen molar-refractivity contribution in [3.05, 3.63) is 12.4 Å². The molecule has 3 aliphatic heterocycles. The van der Waals surface area contributed by atoms with Crippen molar-refractivity contribution in [1.82, 2.24) is 20.0 Å². The van der Waals surface area contributed by atoms with Gasteiger partial charge in [-0.05, 0) is 102 Å². The van der Waals surface area contributed by atoms with Gasteiger partial charge >= 0.3 is 0 Å². The molecule has 1 spiro atoms. The second-order valence-electron chi connectivity index (χ2n) is 12.6. The van der Waals surface area contributed by atoms with Gasteiger partial charge in [-0.15, -0.1) is 0 Å². The molecule has 5 nitrogen and oxygen atoms in total. The Morgan fingerprint density at radius 2 is 1.58 bits per heavy atom. The lowest BCUT2D eigenvalue weighted by atomic mass is 9.77. The number of likely N-dealkylation sites (tertiary alicyclic amines) is 2. The Balaban J connectivity index is 1.01. The van der Waals surface area contributed by atoms with E-state index in [2.05, 4.69) is 39.3 Å². The fourth-order valence-corrected chi connectivity index (χ4v) is 7.85. The predicted molar refractivity (Wildman–Crippen MR) is 138 cm³/mol. The monoisotopic (exact) mass is 457 g/mol. The van der Waals surface area contributed by atoms with Crippen molar-refractivity contribution in [3.63, 3.8) is 0 Å². The molecule has 5 heteroatoms. The summed E-state index contributed by atoms with van der Waals surface area (Å²) in [4.78, 5) is 8.25. The normalized spacial score (nSPS) is 34.7. The number of nitrogens with one attached hydrogen (secondary N) is 1. The highest BCUT2D eigenvalue weighted by Crippen LogP contribution is 2.42. The van der Waals surface area contributed by atoms with Gasteiger partial charge in [-0.25, -0.2) is 0 Å². The lowest BCUT2D eigenvalue weighted by Crippen LogP contribution is -2.47. The van der Waals surface area contributed by atoms with Crippen LogP contribution in [0.4, 0.5) is 0 Å². The molecule has 2 unspecified atom stereocenters. The Labute approximate surface area is 203 Å². The molecule has 5 aliphatic rings. The first-order chi connectivity index (χ1) is 16.1. The molecule has 0 radical (unpaired) electrons. The third kappa shape index (κ3) is 6.08. The summed E-state index contributed by atoms with van der Waals surface area (Å²) < 4.78 is 0. The first-order valence-corrected chi connectivity index (χ1v) is 14.5. The number of rotatable bonds is 7. The van der Waals surface area contributed by atoms with Gasteiger partial charge in [-0.1, -0.05) is 19.3 Å². The maximum absolute atomic E-state index is 6.05. The first-order valence-electron chi connectivity index (χ1n) is 14.5. The van der Waals surface area contributed by atoms with E-state index in [0.717, 1.165) is 24.3 Å². The van der Waals surface area contributed by atoms with Gasteiger partial charge in [0, 0.05) is 50.5 Å². The molecule has 4 fully saturated rings. The molecule has 2 atom stereocenters. The van der Waals surface area contributed by atoms with Gasteiger partial charge < -0.3 is 25.8 Å². The van der Waals surface area contributed by atoms with Gasteiger partial charge in [-0.3, -0.25) is 0 Å². The van der Waals surface area contributed by atoms with Crippen LogP contribution >= 0.6 is 0 Å². The molecule has 3 N–H and O–H groups in total. The van der Waals surface area contributed by atoms with Crippen LogP contribution in [0, 0.1) is 17.3 Å². The Hall–Kier alpha value is -0.780. The number of piperidine rings is 1. The summed E-state index contributed by atoms with van der Waals surface area (Å²) in [6, 6.07) is 1.17. The minimum Gasteiger partial charge on any atom is -0.370 e. The van der Waals surface area contributed by atoms with Crippen LogP contribution in [0.5, 0.6) is 0 Å². The third-order valence-electron chi connectivity index (χ3n) is 9.97. The summed E-state index contributed by atoms with van der Waals surface area (Å²) in [7, 11) is 0. The van der Waals surface area contributed by atoms with Crippen LogP contribution in [0.2, 0.25) is 0 Å². The van der Waals surface area contributed by atoms with Crippen LogP contribution in [-0.2, 0) is 0 Å². The molecular formula is C28H51N5. The SMILES string of the molecule is CC(N)CC1NC=CN1CC1CCC(CN2CCC3(CCN(C4CCCCC4)CC3)C2)CC1. The molecule has 3 heterocycles. The molecule has 0 aromatic carbocycles. The fourth-order valence-electron chi connectivity index (χ4n) is 7.85. The topological polar surface area (TPSA) is 47.8 Å². The molecule has 2 saturated heterocycles. The zero-order valence-corrected chi connectivity index (χ0v) is 21.4. The largest absolute Gasteiger partial charge is 0.370 e. The molecular weight excluding hydrogens is 406 g/mol. The van der Waals surface area contributed by atoms with Crippen molar-refractivity contribution in [2.45, 2.75) is 109 Å². The van der Waals surface area contributed by atoms with Gasteiger partial charge in [-0.2, -0.15) is 0 Å². The number of nitrogens with two attached hydrogens (primary N) is 1. The summed E-state index contributed by atoms with van der Waals surface area (Å²) in [6.45, 7) is 10.2. The van der Waals surface area contributed by atoms with Crippen molar-refractivity contribution in [1.29, 1.82) is 0 Å². The minimum atomic E-state index is 0.254. The fraction of sp³-hybridized carbons (Fsp3) is 0.929. The zero-order valence-electron chi connectivity index (χ0n) is 21.4. The lowest BCUT2D eigenvalue weighted by molar-refractivity contribution is 0.0599. The van der Waals surface area contributed by atoms with E-state index in [0.29, 0.717) is 11.6 Å². The van der Waals surface area contributed by atoms with Crippen molar-refractivity contribution in [2.75, 3.05) is 39.3 Å². The highest BCUT2D eigenvalue weighted by atomic mass is 15.3. The van der Waals surface area contributed by atoms with E-state index in [9.17, 15) is 0 Å². The molecule has 0 aromatic rings. The molecule has 5 rings (SSSR count). The molecule has 0 bridgehead atoms. The molecule has 2 saturated carbocycles. The van der Waals surface area contributed by atoms with E-state index in [1.165, 1.54) is 116 Å². The van der Waals surface area contributed by atoms with Crippen molar-refractivity contribution in [2.24, 2.45) is 23.0 Å². The van der Waals surface area contributed by atoms with Gasteiger partial charge in [0.1, 0.15) is 0 Å². The maximum atomic E-state index is 6.05. The molecule has 2 aliphatic carbocycles. The zero-order chi connectivity index (χ0) is 22.7. The summed E-state index contributed by atoms with van der Waals surface area (Å²) in [5.74, 6) is 1.79. The van der Waals surface area contributed by atoms with Crippen LogP contribution in [0.3, 0.4) is 0 Å². The van der Waals surface area contributed by atoms with Crippen LogP contribution in [0.25, 0.3) is 0 Å². The van der Waals surface area contributed by atoms with E-state index in [4.69, 9.17) is 5.73 Å². The van der Waals surface area contributed by atoms with E-state index in [1.54, 1.807) is 0 Å². The van der Waals surface area contributed by atoms with Crippen molar-refractivity contribution >= 4 is 0 Å². The molecule has 33 heavy (non-hydrogen) atoms. The van der Waals surface area contributed by atoms with Gasteiger partial charge in [0.15, 0.2) is 0 Å². The second kappa shape index (κ2) is 10.9. The van der Waals surface area contributed by atoms with Crippen LogP contribution < -0.4 is 11.1 Å². The summed E-state index contributed by atoms with van der Waals surface area (Å²) in [5, 5.41) is 3.49. The van der Waals surface area contributed by atoms with Gasteiger partial charge in [0.25, 0.3) is 0 Å². The quantitative estimate of drug-likeness (QED) is 0.595. The van der Waals surface area contributed by atoms with Crippen LogP contribution in [0.1, 0.15) is 90.4 Å². The third-order valence-corrected chi connectivity index (χ3v) is 9.97. The van der Waals surface area contributed by atoms with Crippen molar-refractivity contribution < 1.29 is 0 Å². The van der Waals surface area contributed by atoms with E-state index >= 15 is 0 Å². The Morgan fingerprint density at radius 1 is 0.909 bits per heavy atom. The average Bonchev–Trinajstić information content (AvgIpc) is 3.42. The van der Waals surface area contributed by atoms with Crippen LogP contribution in [0.15, 0.2) is 12.4 Å². The highest BCUT2D eigenvalue weighted by molar-refractivity contribution is 4.97. The summed E-state index contributed by atoms with van der Waals surface area (Å²) in [6.07, 6.45) is 23.3. The molecule has 188 valence electrons. The van der Waals surface area contributed by atoms with E-state index < -0.39 is 0 Å². The summed E-state index contributed by atoms with van der Waals surface area (Å²) in [5.41, 5.74) is 6.71. The standard InChI is InChI=1S/C28H51N5/c1-23(29)19-27-30-14-18-33(27)21-25-9-7-24(8-10-25)20-31-15-11-28(22-31)12-16-32(17-13-28)26-5-3-2-4-6-26/h14,18,23-27,30H,2-13,15-17,19-22,29H2,1H3. The van der Waals surface area contributed by atoms with Gasteiger partial charge in [0.2, 0.25) is 0 Å². The Kier molecular flexibility index (Phi) is 7.88. The molecule has 0 aromatic heterocycles. The number of hydrogen-bond acceptors (Lipinski definition) is 5. The van der Waals surface area contributed by atoms with Crippen LogP contribution in [-0.4, -0.2) is 72.2 Å². The van der Waals surface area contributed by atoms with Crippen molar-refractivity contribution in [3.8, 4) is 0 Å². The lowest BCUT2D eigenvalue weighted by Gasteiger charge is -2.44. The predicted octanol–water partition coefficient (Wildman–Crippen LogP) is 4.35. The Morgan fingerprint density at radius 3 is 2.27 bits per heavy atom. The van der Waals surface area contributed by atoms with E-state index in [-0.39, 0.29) is 6.04 Å². The minimum absolute atomic E-state index is 0.254. The average molecular weight is 458 g/mol. The Bertz CT molecular complexity index is 626. The number of hydrogen-bond donors (Lipinski definition) is 2. The highest BCUT2D eigenvalue weighted by Gasteiger charge is 2.42. The second-order valence-corrected chi connectivity index (χ2v) is 12.6. The number of nitrogens with zero attached hydrogens (tertiary/aromatic N) is 3. The molecule has 0 amide bonds. The maximum Gasteiger partial charge on any atom is 0.0996 e.